The minimum atomic E-state index is -0.819. The highest BCUT2D eigenvalue weighted by atomic mass is 16.4. The van der Waals surface area contributed by atoms with Crippen LogP contribution in [0.25, 0.3) is 0 Å². The van der Waals surface area contributed by atoms with Crippen LogP contribution in [0.15, 0.2) is 0 Å². The summed E-state index contributed by atoms with van der Waals surface area (Å²) in [6.45, 7) is 7.12. The van der Waals surface area contributed by atoms with Crippen LogP contribution in [0.2, 0.25) is 0 Å². The van der Waals surface area contributed by atoms with Gasteiger partial charge in [-0.05, 0) is 31.1 Å². The van der Waals surface area contributed by atoms with Gasteiger partial charge in [0.15, 0.2) is 0 Å². The Morgan fingerprint density at radius 1 is 1.20 bits per heavy atom. The van der Waals surface area contributed by atoms with Gasteiger partial charge in [0.25, 0.3) is 0 Å². The Balaban J connectivity index is 2.35. The van der Waals surface area contributed by atoms with Crippen molar-refractivity contribution in [1.82, 2.24) is 5.32 Å². The molecule has 20 heavy (non-hydrogen) atoms. The second-order valence-corrected chi connectivity index (χ2v) is 6.48. The maximum atomic E-state index is 12.1. The third-order valence-electron chi connectivity index (χ3n) is 4.40. The Kier molecular flexibility index (Phi) is 7.03. The molecule has 0 bridgehead atoms. The van der Waals surface area contributed by atoms with E-state index in [2.05, 4.69) is 26.1 Å². The summed E-state index contributed by atoms with van der Waals surface area (Å²) in [5.74, 6) is -0.619. The molecular formula is C16H29NO3. The monoisotopic (exact) mass is 283 g/mol. The summed E-state index contributed by atoms with van der Waals surface area (Å²) in [7, 11) is 0. The van der Waals surface area contributed by atoms with E-state index in [0.29, 0.717) is 24.8 Å². The molecule has 3 atom stereocenters. The standard InChI is InChI=1S/C16H29NO3/c1-4-12-9-13(14(10-12)16(19)20)15(18)17-8-6-5-7-11(2)3/h11-14H,4-10H2,1-3H3,(H,17,18)(H,19,20)/t12?,13-,14+/m0/s1. The van der Waals surface area contributed by atoms with Crippen molar-refractivity contribution in [2.75, 3.05) is 6.54 Å². The number of hydrogen-bond acceptors (Lipinski definition) is 2. The van der Waals surface area contributed by atoms with E-state index in [1.54, 1.807) is 0 Å². The van der Waals surface area contributed by atoms with Gasteiger partial charge in [0, 0.05) is 6.54 Å². The van der Waals surface area contributed by atoms with Crippen LogP contribution in [0.5, 0.6) is 0 Å². The van der Waals surface area contributed by atoms with E-state index >= 15 is 0 Å². The van der Waals surface area contributed by atoms with Gasteiger partial charge in [0.05, 0.1) is 11.8 Å². The Bertz CT molecular complexity index is 328. The molecule has 0 spiro atoms. The van der Waals surface area contributed by atoms with Gasteiger partial charge in [-0.2, -0.15) is 0 Å². The molecule has 2 N–H and O–H groups in total. The zero-order chi connectivity index (χ0) is 15.1. The van der Waals surface area contributed by atoms with Crippen LogP contribution in [0.1, 0.15) is 59.3 Å². The molecule has 0 heterocycles. The largest absolute Gasteiger partial charge is 0.481 e. The Morgan fingerprint density at radius 2 is 1.85 bits per heavy atom. The maximum Gasteiger partial charge on any atom is 0.307 e. The van der Waals surface area contributed by atoms with E-state index < -0.39 is 11.9 Å². The highest BCUT2D eigenvalue weighted by Crippen LogP contribution is 2.38. The summed E-state index contributed by atoms with van der Waals surface area (Å²) in [4.78, 5) is 23.4. The van der Waals surface area contributed by atoms with Crippen molar-refractivity contribution in [3.05, 3.63) is 0 Å². The number of carbonyl (C=O) groups excluding carboxylic acids is 1. The Labute approximate surface area is 122 Å². The molecule has 1 aliphatic rings. The lowest BCUT2D eigenvalue weighted by molar-refractivity contribution is -0.146. The zero-order valence-electron chi connectivity index (χ0n) is 13.0. The number of rotatable bonds is 8. The molecular weight excluding hydrogens is 254 g/mol. The molecule has 0 aliphatic heterocycles. The molecule has 0 aromatic carbocycles. The SMILES string of the molecule is CCC1C[C@H](C(=O)NCCCCC(C)C)[C@H](C(=O)O)C1. The van der Waals surface area contributed by atoms with Gasteiger partial charge in [-0.1, -0.05) is 40.0 Å². The average Bonchev–Trinajstić information content (AvgIpc) is 2.82. The van der Waals surface area contributed by atoms with Gasteiger partial charge in [0.1, 0.15) is 0 Å². The molecule has 1 fully saturated rings. The summed E-state index contributed by atoms with van der Waals surface area (Å²) < 4.78 is 0. The highest BCUT2D eigenvalue weighted by molar-refractivity contribution is 5.85. The van der Waals surface area contributed by atoms with E-state index in [-0.39, 0.29) is 11.8 Å². The molecule has 0 saturated heterocycles. The fraction of sp³-hybridized carbons (Fsp3) is 0.875. The van der Waals surface area contributed by atoms with Crippen LogP contribution >= 0.6 is 0 Å². The Hall–Kier alpha value is -1.06. The van der Waals surface area contributed by atoms with Gasteiger partial charge >= 0.3 is 5.97 Å². The first-order valence-corrected chi connectivity index (χ1v) is 7.96. The number of unbranched alkanes of at least 4 members (excludes halogenated alkanes) is 1. The van der Waals surface area contributed by atoms with E-state index in [1.165, 1.54) is 6.42 Å². The molecule has 0 aromatic heterocycles. The number of hydrogen-bond donors (Lipinski definition) is 2. The normalized spacial score (nSPS) is 25.9. The first kappa shape index (κ1) is 17.0. The van der Waals surface area contributed by atoms with Crippen molar-refractivity contribution < 1.29 is 14.7 Å². The quantitative estimate of drug-likeness (QED) is 0.673. The molecule has 1 aliphatic carbocycles. The van der Waals surface area contributed by atoms with Crippen LogP contribution in [-0.4, -0.2) is 23.5 Å². The summed E-state index contributed by atoms with van der Waals surface area (Å²) in [5.41, 5.74) is 0. The van der Waals surface area contributed by atoms with E-state index in [0.717, 1.165) is 25.7 Å². The predicted molar refractivity (Wildman–Crippen MR) is 79.3 cm³/mol. The number of carboxylic acid groups (broad SMARTS) is 1. The van der Waals surface area contributed by atoms with E-state index in [9.17, 15) is 14.7 Å². The topological polar surface area (TPSA) is 66.4 Å². The summed E-state index contributed by atoms with van der Waals surface area (Å²) >= 11 is 0. The zero-order valence-corrected chi connectivity index (χ0v) is 13.0. The van der Waals surface area contributed by atoms with Crippen LogP contribution in [0.3, 0.4) is 0 Å². The summed E-state index contributed by atoms with van der Waals surface area (Å²) in [6.07, 6.45) is 5.60. The lowest BCUT2D eigenvalue weighted by Gasteiger charge is -2.15. The van der Waals surface area contributed by atoms with Gasteiger partial charge in [0.2, 0.25) is 5.91 Å². The minimum Gasteiger partial charge on any atom is -0.481 e. The minimum absolute atomic E-state index is 0.0575. The molecule has 116 valence electrons. The summed E-state index contributed by atoms with van der Waals surface area (Å²) in [5, 5.41) is 12.2. The number of aliphatic carboxylic acids is 1. The van der Waals surface area contributed by atoms with Crippen molar-refractivity contribution >= 4 is 11.9 Å². The highest BCUT2D eigenvalue weighted by Gasteiger charge is 2.41. The van der Waals surface area contributed by atoms with Gasteiger partial charge < -0.3 is 10.4 Å². The van der Waals surface area contributed by atoms with E-state index in [1.807, 2.05) is 0 Å². The summed E-state index contributed by atoms with van der Waals surface area (Å²) in [6, 6.07) is 0. The van der Waals surface area contributed by atoms with Crippen LogP contribution in [0.4, 0.5) is 0 Å². The molecule has 1 unspecified atom stereocenters. The smallest absolute Gasteiger partial charge is 0.307 e. The van der Waals surface area contributed by atoms with Crippen molar-refractivity contribution in [3.63, 3.8) is 0 Å². The van der Waals surface area contributed by atoms with Gasteiger partial charge in [-0.15, -0.1) is 0 Å². The molecule has 4 heteroatoms. The van der Waals surface area contributed by atoms with Crippen LogP contribution in [-0.2, 0) is 9.59 Å². The fourth-order valence-corrected chi connectivity index (χ4v) is 3.06. The maximum absolute atomic E-state index is 12.1. The van der Waals surface area contributed by atoms with Crippen LogP contribution in [0, 0.1) is 23.7 Å². The second-order valence-electron chi connectivity index (χ2n) is 6.48. The number of nitrogens with one attached hydrogen (secondary N) is 1. The Morgan fingerprint density at radius 3 is 2.40 bits per heavy atom. The molecule has 0 radical (unpaired) electrons. The first-order chi connectivity index (χ1) is 9.45. The number of carbonyl (C=O) groups is 2. The fourth-order valence-electron chi connectivity index (χ4n) is 3.06. The molecule has 0 aromatic rings. The van der Waals surface area contributed by atoms with Crippen LogP contribution < -0.4 is 5.32 Å². The second kappa shape index (κ2) is 8.28. The lowest BCUT2D eigenvalue weighted by atomic mass is 9.95. The molecule has 1 amide bonds. The predicted octanol–water partition coefficient (Wildman–Crippen LogP) is 3.07. The third kappa shape index (κ3) is 5.14. The van der Waals surface area contributed by atoms with E-state index in [4.69, 9.17) is 0 Å². The molecule has 1 rings (SSSR count). The first-order valence-electron chi connectivity index (χ1n) is 7.96. The van der Waals surface area contributed by atoms with Gasteiger partial charge in [-0.25, -0.2) is 0 Å². The van der Waals surface area contributed by atoms with Crippen molar-refractivity contribution in [3.8, 4) is 0 Å². The lowest BCUT2D eigenvalue weighted by Crippen LogP contribution is -2.35. The van der Waals surface area contributed by atoms with Crippen molar-refractivity contribution in [2.45, 2.75) is 59.3 Å². The third-order valence-corrected chi connectivity index (χ3v) is 4.40. The number of amides is 1. The molecule has 1 saturated carbocycles. The number of carboxylic acids is 1. The van der Waals surface area contributed by atoms with Gasteiger partial charge in [-0.3, -0.25) is 9.59 Å². The molecule has 4 nitrogen and oxygen atoms in total. The average molecular weight is 283 g/mol. The van der Waals surface area contributed by atoms with Crippen molar-refractivity contribution in [1.29, 1.82) is 0 Å². The van der Waals surface area contributed by atoms with Crippen molar-refractivity contribution in [2.24, 2.45) is 23.7 Å².